The first kappa shape index (κ1) is 24.5. The molecule has 0 aliphatic carbocycles. The highest BCUT2D eigenvalue weighted by atomic mass is 16.5. The topological polar surface area (TPSA) is 107 Å². The summed E-state index contributed by atoms with van der Waals surface area (Å²) in [6.45, 7) is 1.77. The quantitative estimate of drug-likeness (QED) is 0.459. The van der Waals surface area contributed by atoms with Crippen LogP contribution in [-0.2, 0) is 14.4 Å². The van der Waals surface area contributed by atoms with Crippen molar-refractivity contribution in [3.63, 3.8) is 0 Å². The van der Waals surface area contributed by atoms with Gasteiger partial charge in [0.15, 0.2) is 12.1 Å². The minimum Gasteiger partial charge on any atom is -0.497 e. The number of para-hydroxylation sites is 1. The average Bonchev–Trinajstić information content (AvgIpc) is 3.65. The van der Waals surface area contributed by atoms with Crippen LogP contribution in [0.3, 0.4) is 0 Å². The lowest BCUT2D eigenvalue weighted by atomic mass is 9.98. The van der Waals surface area contributed by atoms with Crippen LogP contribution in [0.15, 0.2) is 94.3 Å². The van der Waals surface area contributed by atoms with E-state index in [2.05, 4.69) is 10.3 Å². The predicted molar refractivity (Wildman–Crippen MR) is 143 cm³/mol. The minimum absolute atomic E-state index is 0.246. The molecule has 0 bridgehead atoms. The highest BCUT2D eigenvalue weighted by Gasteiger charge is 2.55. The van der Waals surface area contributed by atoms with Crippen molar-refractivity contribution in [1.82, 2.24) is 10.0 Å². The Morgan fingerprint density at radius 3 is 2.36 bits per heavy atom. The van der Waals surface area contributed by atoms with Crippen molar-refractivity contribution < 1.29 is 19.1 Å². The van der Waals surface area contributed by atoms with Gasteiger partial charge in [0, 0.05) is 6.42 Å². The van der Waals surface area contributed by atoms with Crippen LogP contribution in [0.1, 0.15) is 29.2 Å². The Morgan fingerprint density at radius 2 is 1.67 bits per heavy atom. The fraction of sp³-hybridized carbons (Fsp3) is 0.241. The summed E-state index contributed by atoms with van der Waals surface area (Å²) < 4.78 is 5.29. The molecule has 3 aliphatic rings. The van der Waals surface area contributed by atoms with Gasteiger partial charge in [0.05, 0.1) is 24.6 Å². The second-order valence-corrected chi connectivity index (χ2v) is 9.68. The number of nitrogens with zero attached hydrogens (tertiary/aromatic N) is 6. The molecule has 0 saturated carbocycles. The van der Waals surface area contributed by atoms with E-state index in [1.54, 1.807) is 37.4 Å². The molecule has 0 aromatic heterocycles. The van der Waals surface area contributed by atoms with Crippen molar-refractivity contribution in [3.05, 3.63) is 95.6 Å². The van der Waals surface area contributed by atoms with Crippen LogP contribution in [0.5, 0.6) is 5.75 Å². The van der Waals surface area contributed by atoms with Gasteiger partial charge in [-0.2, -0.15) is 10.2 Å². The molecular formula is C29H26N6O4. The van der Waals surface area contributed by atoms with Gasteiger partial charge in [-0.25, -0.2) is 9.91 Å². The summed E-state index contributed by atoms with van der Waals surface area (Å²) in [6, 6.07) is 21.9. The molecule has 0 N–H and O–H groups in total. The second kappa shape index (κ2) is 9.79. The van der Waals surface area contributed by atoms with Gasteiger partial charge in [-0.05, 0) is 42.3 Å². The number of anilines is 1. The Bertz CT molecular complexity index is 1490. The van der Waals surface area contributed by atoms with E-state index >= 15 is 0 Å². The number of carbonyl (C=O) groups is 3. The zero-order chi connectivity index (χ0) is 27.1. The van der Waals surface area contributed by atoms with E-state index in [0.29, 0.717) is 17.9 Å². The maximum Gasteiger partial charge on any atom is 0.264 e. The number of amides is 3. The first-order valence-electron chi connectivity index (χ1n) is 12.7. The molecule has 10 nitrogen and oxygen atoms in total. The molecule has 3 aliphatic heterocycles. The summed E-state index contributed by atoms with van der Waals surface area (Å²) in [5.74, 6) is -0.543. The maximum atomic E-state index is 13.7. The lowest BCUT2D eigenvalue weighted by Crippen LogP contribution is -2.44. The monoisotopic (exact) mass is 522 g/mol. The smallest absolute Gasteiger partial charge is 0.264 e. The Labute approximate surface area is 225 Å². The number of aryl methyl sites for hydroxylation is 1. The molecule has 3 aromatic carbocycles. The number of hydrogen-bond acceptors (Lipinski definition) is 8. The van der Waals surface area contributed by atoms with Crippen LogP contribution in [0.25, 0.3) is 0 Å². The number of rotatable bonds is 6. The summed E-state index contributed by atoms with van der Waals surface area (Å²) >= 11 is 0. The van der Waals surface area contributed by atoms with Gasteiger partial charge < -0.3 is 4.74 Å². The number of fused-ring (bicyclic) bond motifs is 1. The molecule has 10 heteroatoms. The molecule has 3 aromatic rings. The third-order valence-electron chi connectivity index (χ3n) is 7.22. The number of ether oxygens (including phenoxy) is 1. The van der Waals surface area contributed by atoms with Crippen molar-refractivity contribution in [3.8, 4) is 5.75 Å². The SMILES string of the molecule is COc1ccc(C2CC(c3ccc(C)cc3)=NN2C(=O)CN2N=NC3C(=O)N(c4ccccc4)C(=O)C32)cc1. The Kier molecular flexibility index (Phi) is 6.14. The maximum absolute atomic E-state index is 13.7. The van der Waals surface area contributed by atoms with E-state index in [1.165, 1.54) is 10.0 Å². The molecule has 1 saturated heterocycles. The van der Waals surface area contributed by atoms with Gasteiger partial charge in [-0.15, -0.1) is 0 Å². The number of benzene rings is 3. The lowest BCUT2D eigenvalue weighted by molar-refractivity contribution is -0.135. The molecule has 1 fully saturated rings. The Balaban J connectivity index is 1.26. The fourth-order valence-electron chi connectivity index (χ4n) is 5.14. The molecule has 6 rings (SSSR count). The van der Waals surface area contributed by atoms with Gasteiger partial charge in [0.1, 0.15) is 12.3 Å². The second-order valence-electron chi connectivity index (χ2n) is 9.68. The molecule has 3 unspecified atom stereocenters. The van der Waals surface area contributed by atoms with Crippen LogP contribution >= 0.6 is 0 Å². The van der Waals surface area contributed by atoms with Gasteiger partial charge in [-0.3, -0.25) is 19.4 Å². The van der Waals surface area contributed by atoms with E-state index in [9.17, 15) is 14.4 Å². The van der Waals surface area contributed by atoms with E-state index in [0.717, 1.165) is 27.3 Å². The van der Waals surface area contributed by atoms with Crippen LogP contribution in [0.2, 0.25) is 0 Å². The molecule has 3 amide bonds. The van der Waals surface area contributed by atoms with E-state index < -0.39 is 23.9 Å². The first-order valence-corrected chi connectivity index (χ1v) is 12.7. The Hall–Kier alpha value is -4.86. The van der Waals surface area contributed by atoms with Crippen molar-refractivity contribution in [2.24, 2.45) is 15.4 Å². The van der Waals surface area contributed by atoms with E-state index in [1.807, 2.05) is 55.5 Å². The third kappa shape index (κ3) is 4.33. The molecular weight excluding hydrogens is 496 g/mol. The van der Waals surface area contributed by atoms with Gasteiger partial charge >= 0.3 is 0 Å². The molecule has 196 valence electrons. The predicted octanol–water partition coefficient (Wildman–Crippen LogP) is 3.67. The van der Waals surface area contributed by atoms with Crippen molar-refractivity contribution >= 4 is 29.1 Å². The van der Waals surface area contributed by atoms with Crippen LogP contribution < -0.4 is 9.64 Å². The number of imide groups is 1. The van der Waals surface area contributed by atoms with Crippen molar-refractivity contribution in [2.45, 2.75) is 31.5 Å². The number of hydrazone groups is 1. The van der Waals surface area contributed by atoms with Gasteiger partial charge in [0.25, 0.3) is 17.7 Å². The van der Waals surface area contributed by atoms with Crippen molar-refractivity contribution in [2.75, 3.05) is 18.6 Å². The third-order valence-corrected chi connectivity index (χ3v) is 7.22. The Morgan fingerprint density at radius 1 is 0.949 bits per heavy atom. The lowest BCUT2D eigenvalue weighted by Gasteiger charge is -2.25. The number of methoxy groups -OCH3 is 1. The van der Waals surface area contributed by atoms with Gasteiger partial charge in [0.2, 0.25) is 0 Å². The average molecular weight is 523 g/mol. The summed E-state index contributed by atoms with van der Waals surface area (Å²) in [5.41, 5.74) is 4.22. The highest BCUT2D eigenvalue weighted by molar-refractivity contribution is 6.25. The van der Waals surface area contributed by atoms with Crippen LogP contribution in [0.4, 0.5) is 5.69 Å². The summed E-state index contributed by atoms with van der Waals surface area (Å²) in [4.78, 5) is 41.1. The van der Waals surface area contributed by atoms with Gasteiger partial charge in [-0.1, -0.05) is 65.4 Å². The first-order chi connectivity index (χ1) is 18.9. The molecule has 0 radical (unpaired) electrons. The van der Waals surface area contributed by atoms with E-state index in [4.69, 9.17) is 9.84 Å². The minimum atomic E-state index is -0.979. The number of hydrogen-bond donors (Lipinski definition) is 0. The highest BCUT2D eigenvalue weighted by Crippen LogP contribution is 2.35. The van der Waals surface area contributed by atoms with Crippen LogP contribution in [0, 0.1) is 6.92 Å². The zero-order valence-corrected chi connectivity index (χ0v) is 21.5. The normalized spacial score (nSPS) is 21.9. The number of carbonyl (C=O) groups excluding carboxylic acids is 3. The molecule has 3 heterocycles. The molecule has 39 heavy (non-hydrogen) atoms. The summed E-state index contributed by atoms with van der Waals surface area (Å²) in [5, 5.41) is 15.6. The summed E-state index contributed by atoms with van der Waals surface area (Å²) in [6.07, 6.45) is 0.522. The van der Waals surface area contributed by atoms with Crippen LogP contribution in [-0.4, -0.2) is 59.2 Å². The van der Waals surface area contributed by atoms with E-state index in [-0.39, 0.29) is 18.5 Å². The molecule has 0 spiro atoms. The van der Waals surface area contributed by atoms with Crippen molar-refractivity contribution in [1.29, 1.82) is 0 Å². The zero-order valence-electron chi connectivity index (χ0n) is 21.5. The standard InChI is InChI=1S/C29H26N6O4/c1-18-8-10-19(11-9-18)23-16-24(20-12-14-22(39-2)15-13-20)35(31-23)25(36)17-33-27-26(30-32-33)28(37)34(29(27)38)21-6-4-3-5-7-21/h3-15,24,26-27H,16-17H2,1-2H3. The summed E-state index contributed by atoms with van der Waals surface area (Å²) in [7, 11) is 1.60. The molecule has 3 atom stereocenters. The fourth-order valence-corrected chi connectivity index (χ4v) is 5.14. The largest absolute Gasteiger partial charge is 0.497 e.